The number of carbonyl (C=O) groups excluding carboxylic acids is 1. The molecule has 0 aromatic carbocycles. The van der Waals surface area contributed by atoms with Gasteiger partial charge in [-0.05, 0) is 32.6 Å². The van der Waals surface area contributed by atoms with Crippen LogP contribution in [0, 0.1) is 5.92 Å². The standard InChI is InChI=1S/C14H27NO3/c1-10(2)9-18-11(3)8-14(4,13(16)17-5)15-12-6-7-12/h10-12,15H,6-9H2,1-5H3. The molecule has 1 fully saturated rings. The fourth-order valence-electron chi connectivity index (χ4n) is 2.10. The second kappa shape index (κ2) is 6.53. The molecule has 18 heavy (non-hydrogen) atoms. The van der Waals surface area contributed by atoms with Gasteiger partial charge in [-0.25, -0.2) is 0 Å². The van der Waals surface area contributed by atoms with Crippen molar-refractivity contribution in [2.24, 2.45) is 5.92 Å². The molecular weight excluding hydrogens is 230 g/mol. The molecule has 1 N–H and O–H groups in total. The number of hydrogen-bond acceptors (Lipinski definition) is 4. The van der Waals surface area contributed by atoms with E-state index in [-0.39, 0.29) is 12.1 Å². The van der Waals surface area contributed by atoms with Crippen LogP contribution < -0.4 is 5.32 Å². The molecular formula is C14H27NO3. The lowest BCUT2D eigenvalue weighted by Gasteiger charge is -2.31. The van der Waals surface area contributed by atoms with Crippen LogP contribution in [0.15, 0.2) is 0 Å². The Kier molecular flexibility index (Phi) is 5.60. The first-order chi connectivity index (χ1) is 8.37. The normalized spacial score (nSPS) is 20.6. The molecule has 0 radical (unpaired) electrons. The Morgan fingerprint density at radius 3 is 2.44 bits per heavy atom. The highest BCUT2D eigenvalue weighted by Gasteiger charge is 2.40. The van der Waals surface area contributed by atoms with Gasteiger partial charge >= 0.3 is 5.97 Å². The van der Waals surface area contributed by atoms with Crippen molar-refractivity contribution in [1.82, 2.24) is 5.32 Å². The Bertz CT molecular complexity index is 276. The molecule has 0 aromatic heterocycles. The molecule has 0 saturated heterocycles. The van der Waals surface area contributed by atoms with Crippen LogP contribution in [-0.2, 0) is 14.3 Å². The average Bonchev–Trinajstić information content (AvgIpc) is 3.08. The molecule has 0 bridgehead atoms. The minimum absolute atomic E-state index is 0.0442. The summed E-state index contributed by atoms with van der Waals surface area (Å²) in [6, 6.07) is 0.464. The second-order valence-corrected chi connectivity index (χ2v) is 5.98. The summed E-state index contributed by atoms with van der Waals surface area (Å²) in [6.07, 6.45) is 2.98. The van der Waals surface area contributed by atoms with Crippen molar-refractivity contribution < 1.29 is 14.3 Å². The number of carbonyl (C=O) groups is 1. The van der Waals surface area contributed by atoms with E-state index in [9.17, 15) is 4.79 Å². The van der Waals surface area contributed by atoms with Gasteiger partial charge in [-0.2, -0.15) is 0 Å². The third kappa shape index (κ3) is 4.94. The summed E-state index contributed by atoms with van der Waals surface area (Å²) < 4.78 is 10.7. The Morgan fingerprint density at radius 2 is 2.00 bits per heavy atom. The molecule has 0 amide bonds. The highest BCUT2D eigenvalue weighted by Crippen LogP contribution is 2.26. The lowest BCUT2D eigenvalue weighted by atomic mass is 9.94. The zero-order chi connectivity index (χ0) is 13.8. The first-order valence-electron chi connectivity index (χ1n) is 6.85. The lowest BCUT2D eigenvalue weighted by molar-refractivity contribution is -0.149. The topological polar surface area (TPSA) is 47.6 Å². The fraction of sp³-hybridized carbons (Fsp3) is 0.929. The van der Waals surface area contributed by atoms with E-state index in [4.69, 9.17) is 9.47 Å². The molecule has 106 valence electrons. The highest BCUT2D eigenvalue weighted by atomic mass is 16.5. The summed E-state index contributed by atoms with van der Waals surface area (Å²) in [5, 5.41) is 3.38. The van der Waals surface area contributed by atoms with Crippen LogP contribution in [0.1, 0.15) is 47.0 Å². The number of ether oxygens (including phenoxy) is 2. The third-order valence-electron chi connectivity index (χ3n) is 3.15. The van der Waals surface area contributed by atoms with E-state index in [0.29, 0.717) is 18.4 Å². The molecule has 0 aliphatic heterocycles. The van der Waals surface area contributed by atoms with E-state index in [1.54, 1.807) is 0 Å². The number of rotatable bonds is 8. The van der Waals surface area contributed by atoms with Crippen molar-refractivity contribution in [3.63, 3.8) is 0 Å². The van der Waals surface area contributed by atoms with Crippen molar-refractivity contribution in [2.45, 2.75) is 64.6 Å². The van der Waals surface area contributed by atoms with E-state index in [0.717, 1.165) is 19.4 Å². The van der Waals surface area contributed by atoms with Crippen molar-refractivity contribution >= 4 is 5.97 Å². The molecule has 2 atom stereocenters. The molecule has 1 saturated carbocycles. The van der Waals surface area contributed by atoms with Gasteiger partial charge in [0.05, 0.1) is 13.2 Å². The van der Waals surface area contributed by atoms with E-state index < -0.39 is 5.54 Å². The van der Waals surface area contributed by atoms with Gasteiger partial charge in [-0.3, -0.25) is 10.1 Å². The Morgan fingerprint density at radius 1 is 1.39 bits per heavy atom. The van der Waals surface area contributed by atoms with Gasteiger partial charge in [-0.1, -0.05) is 13.8 Å². The Hall–Kier alpha value is -0.610. The number of nitrogens with one attached hydrogen (secondary N) is 1. The molecule has 1 aliphatic rings. The maximum absolute atomic E-state index is 11.9. The van der Waals surface area contributed by atoms with Crippen molar-refractivity contribution in [2.75, 3.05) is 13.7 Å². The Labute approximate surface area is 110 Å². The van der Waals surface area contributed by atoms with Gasteiger partial charge in [0.25, 0.3) is 0 Å². The van der Waals surface area contributed by atoms with E-state index in [2.05, 4.69) is 19.2 Å². The predicted octanol–water partition coefficient (Wildman–Crippen LogP) is 2.12. The van der Waals surface area contributed by atoms with Gasteiger partial charge in [0.15, 0.2) is 0 Å². The third-order valence-corrected chi connectivity index (χ3v) is 3.15. The maximum Gasteiger partial charge on any atom is 0.325 e. The second-order valence-electron chi connectivity index (χ2n) is 5.98. The monoisotopic (exact) mass is 257 g/mol. The average molecular weight is 257 g/mol. The molecule has 0 heterocycles. The van der Waals surface area contributed by atoms with Crippen LogP contribution in [0.5, 0.6) is 0 Å². The number of esters is 1. The van der Waals surface area contributed by atoms with Gasteiger partial charge in [0, 0.05) is 19.1 Å². The van der Waals surface area contributed by atoms with Crippen molar-refractivity contribution in [3.8, 4) is 0 Å². The van der Waals surface area contributed by atoms with E-state index in [1.165, 1.54) is 7.11 Å². The zero-order valence-electron chi connectivity index (χ0n) is 12.3. The number of hydrogen-bond donors (Lipinski definition) is 1. The summed E-state index contributed by atoms with van der Waals surface area (Å²) >= 11 is 0. The van der Waals surface area contributed by atoms with E-state index >= 15 is 0 Å². The molecule has 0 aromatic rings. The van der Waals surface area contributed by atoms with Crippen LogP contribution >= 0.6 is 0 Å². The molecule has 1 aliphatic carbocycles. The maximum atomic E-state index is 11.9. The minimum atomic E-state index is -0.633. The summed E-state index contributed by atoms with van der Waals surface area (Å²) in [5.74, 6) is 0.308. The smallest absolute Gasteiger partial charge is 0.325 e. The van der Waals surface area contributed by atoms with Gasteiger partial charge in [0.2, 0.25) is 0 Å². The van der Waals surface area contributed by atoms with E-state index in [1.807, 2.05) is 13.8 Å². The summed E-state index contributed by atoms with van der Waals surface area (Å²) in [7, 11) is 1.44. The number of methoxy groups -OCH3 is 1. The molecule has 1 rings (SSSR count). The first-order valence-corrected chi connectivity index (χ1v) is 6.85. The molecule has 0 spiro atoms. The summed E-state index contributed by atoms with van der Waals surface area (Å²) in [6.45, 7) is 8.88. The van der Waals surface area contributed by atoms with Crippen LogP contribution in [0.25, 0.3) is 0 Å². The molecule has 4 nitrogen and oxygen atoms in total. The van der Waals surface area contributed by atoms with Crippen LogP contribution in [0.4, 0.5) is 0 Å². The van der Waals surface area contributed by atoms with Crippen LogP contribution in [0.3, 0.4) is 0 Å². The van der Waals surface area contributed by atoms with Crippen LogP contribution in [0.2, 0.25) is 0 Å². The highest BCUT2D eigenvalue weighted by molar-refractivity contribution is 5.80. The summed E-state index contributed by atoms with van der Waals surface area (Å²) in [4.78, 5) is 11.9. The zero-order valence-corrected chi connectivity index (χ0v) is 12.3. The first kappa shape index (κ1) is 15.4. The van der Waals surface area contributed by atoms with Crippen molar-refractivity contribution in [1.29, 1.82) is 0 Å². The molecule has 2 unspecified atom stereocenters. The SMILES string of the molecule is COC(=O)C(C)(CC(C)OCC(C)C)NC1CC1. The quantitative estimate of drug-likeness (QED) is 0.677. The Balaban J connectivity index is 2.51. The lowest BCUT2D eigenvalue weighted by Crippen LogP contribution is -2.53. The predicted molar refractivity (Wildman–Crippen MR) is 71.4 cm³/mol. The van der Waals surface area contributed by atoms with Crippen LogP contribution in [-0.4, -0.2) is 37.4 Å². The van der Waals surface area contributed by atoms with Gasteiger partial charge in [0.1, 0.15) is 5.54 Å². The summed E-state index contributed by atoms with van der Waals surface area (Å²) in [5.41, 5.74) is -0.633. The largest absolute Gasteiger partial charge is 0.468 e. The van der Waals surface area contributed by atoms with Crippen molar-refractivity contribution in [3.05, 3.63) is 0 Å². The van der Waals surface area contributed by atoms with Gasteiger partial charge in [-0.15, -0.1) is 0 Å². The fourth-order valence-corrected chi connectivity index (χ4v) is 2.10. The molecule has 4 heteroatoms. The minimum Gasteiger partial charge on any atom is -0.468 e. The van der Waals surface area contributed by atoms with Gasteiger partial charge < -0.3 is 9.47 Å².